The van der Waals surface area contributed by atoms with Crippen molar-refractivity contribution in [3.63, 3.8) is 0 Å². The number of aryl methyl sites for hydroxylation is 1. The van der Waals surface area contributed by atoms with Crippen LogP contribution in [0, 0.1) is 0 Å². The maximum absolute atomic E-state index is 13.7. The minimum absolute atomic E-state index is 0.115. The molecule has 3 aromatic carbocycles. The Hall–Kier alpha value is -3.48. The highest BCUT2D eigenvalue weighted by Gasteiger charge is 2.19. The van der Waals surface area contributed by atoms with Crippen molar-refractivity contribution in [3.05, 3.63) is 104 Å². The molecule has 0 aliphatic carbocycles. The molecular formula is C26H19ClN2O3S. The second-order valence-corrected chi connectivity index (χ2v) is 9.02. The minimum Gasteiger partial charge on any atom is -0.497 e. The highest BCUT2D eigenvalue weighted by atomic mass is 35.5. The van der Waals surface area contributed by atoms with Crippen molar-refractivity contribution >= 4 is 43.2 Å². The van der Waals surface area contributed by atoms with E-state index in [1.165, 1.54) is 11.3 Å². The van der Waals surface area contributed by atoms with Gasteiger partial charge in [-0.25, -0.2) is 4.98 Å². The molecule has 0 spiro atoms. The summed E-state index contributed by atoms with van der Waals surface area (Å²) in [5, 5.41) is 1.14. The molecular weight excluding hydrogens is 456 g/mol. The number of methoxy groups -OCH3 is 1. The van der Waals surface area contributed by atoms with E-state index in [0.29, 0.717) is 39.6 Å². The number of aromatic nitrogens is 2. The number of benzene rings is 3. The summed E-state index contributed by atoms with van der Waals surface area (Å²) in [6, 6.07) is 22.3. The van der Waals surface area contributed by atoms with Gasteiger partial charge in [0.05, 0.1) is 12.1 Å². The van der Waals surface area contributed by atoms with Crippen LogP contribution >= 0.6 is 22.9 Å². The Morgan fingerprint density at radius 3 is 2.45 bits per heavy atom. The second kappa shape index (κ2) is 8.81. The van der Waals surface area contributed by atoms with E-state index >= 15 is 0 Å². The van der Waals surface area contributed by atoms with Crippen molar-refractivity contribution < 1.29 is 4.74 Å². The molecule has 0 aliphatic rings. The lowest BCUT2D eigenvalue weighted by Crippen LogP contribution is -2.28. The fourth-order valence-corrected chi connectivity index (χ4v) is 5.13. The first-order valence-corrected chi connectivity index (χ1v) is 11.6. The number of ether oxygens (including phenoxy) is 1. The first kappa shape index (κ1) is 21.4. The molecule has 0 bridgehead atoms. The van der Waals surface area contributed by atoms with Gasteiger partial charge in [-0.15, -0.1) is 11.3 Å². The van der Waals surface area contributed by atoms with Gasteiger partial charge in [-0.1, -0.05) is 48.0 Å². The van der Waals surface area contributed by atoms with Crippen molar-refractivity contribution in [2.24, 2.45) is 0 Å². The van der Waals surface area contributed by atoms with Crippen LogP contribution in [-0.2, 0) is 13.0 Å². The van der Waals surface area contributed by atoms with Crippen molar-refractivity contribution in [1.82, 2.24) is 9.55 Å². The van der Waals surface area contributed by atoms with Crippen LogP contribution in [0.3, 0.4) is 0 Å². The van der Waals surface area contributed by atoms with Gasteiger partial charge in [0.1, 0.15) is 21.8 Å². The van der Waals surface area contributed by atoms with Gasteiger partial charge in [-0.3, -0.25) is 14.2 Å². The standard InChI is InChI=1S/C26H19ClN2O3S/c1-32-17-12-10-16(11-13-17)14-15-29-24(18-6-2-4-8-20(18)27)28-25-22(26(29)31)23(30)19-7-3-5-9-21(19)33-25/h2-13H,14-15H2,1H3. The Kier molecular flexibility index (Phi) is 5.70. The van der Waals surface area contributed by atoms with E-state index in [9.17, 15) is 9.59 Å². The van der Waals surface area contributed by atoms with E-state index in [0.717, 1.165) is 16.0 Å². The molecule has 2 aromatic heterocycles. The van der Waals surface area contributed by atoms with E-state index in [-0.39, 0.29) is 16.4 Å². The Morgan fingerprint density at radius 1 is 0.970 bits per heavy atom. The number of halogens is 1. The Bertz CT molecular complexity index is 1610. The molecule has 5 rings (SSSR count). The van der Waals surface area contributed by atoms with Crippen LogP contribution in [0.1, 0.15) is 5.56 Å². The average molecular weight is 475 g/mol. The lowest BCUT2D eigenvalue weighted by atomic mass is 10.1. The summed E-state index contributed by atoms with van der Waals surface area (Å²) < 4.78 is 7.58. The quantitative estimate of drug-likeness (QED) is 0.314. The second-order valence-electron chi connectivity index (χ2n) is 7.58. The summed E-state index contributed by atoms with van der Waals surface area (Å²) in [7, 11) is 1.62. The Labute approximate surface area is 198 Å². The summed E-state index contributed by atoms with van der Waals surface area (Å²) in [4.78, 5) is 32.1. The molecule has 0 aliphatic heterocycles. The zero-order valence-corrected chi connectivity index (χ0v) is 19.3. The summed E-state index contributed by atoms with van der Waals surface area (Å²) >= 11 is 7.82. The summed E-state index contributed by atoms with van der Waals surface area (Å²) in [5.41, 5.74) is 1.05. The van der Waals surface area contributed by atoms with Gasteiger partial charge in [0.25, 0.3) is 5.56 Å². The first-order chi connectivity index (χ1) is 16.1. The van der Waals surface area contributed by atoms with Crippen LogP contribution in [-0.4, -0.2) is 16.7 Å². The van der Waals surface area contributed by atoms with E-state index in [1.54, 1.807) is 29.9 Å². The molecule has 0 fully saturated rings. The molecule has 164 valence electrons. The molecule has 0 radical (unpaired) electrons. The molecule has 33 heavy (non-hydrogen) atoms. The number of hydrogen-bond acceptors (Lipinski definition) is 5. The van der Waals surface area contributed by atoms with Gasteiger partial charge in [-0.05, 0) is 48.4 Å². The summed E-state index contributed by atoms with van der Waals surface area (Å²) in [6.07, 6.45) is 0.583. The molecule has 0 saturated carbocycles. The van der Waals surface area contributed by atoms with Crippen molar-refractivity contribution in [2.45, 2.75) is 13.0 Å². The number of hydrogen-bond donors (Lipinski definition) is 0. The van der Waals surface area contributed by atoms with E-state index in [2.05, 4.69) is 0 Å². The van der Waals surface area contributed by atoms with Gasteiger partial charge < -0.3 is 4.74 Å². The predicted molar refractivity (Wildman–Crippen MR) is 135 cm³/mol. The largest absolute Gasteiger partial charge is 0.497 e. The smallest absolute Gasteiger partial charge is 0.266 e. The Balaban J connectivity index is 1.73. The van der Waals surface area contributed by atoms with E-state index in [4.69, 9.17) is 21.3 Å². The third-order valence-electron chi connectivity index (χ3n) is 5.60. The normalized spacial score (nSPS) is 11.2. The third-order valence-corrected chi connectivity index (χ3v) is 6.99. The first-order valence-electron chi connectivity index (χ1n) is 10.4. The van der Waals surface area contributed by atoms with E-state index < -0.39 is 0 Å². The van der Waals surface area contributed by atoms with Crippen LogP contribution in [0.5, 0.6) is 5.75 Å². The molecule has 5 nitrogen and oxygen atoms in total. The Morgan fingerprint density at radius 2 is 1.70 bits per heavy atom. The van der Waals surface area contributed by atoms with Crippen LogP contribution in [0.25, 0.3) is 31.7 Å². The number of rotatable bonds is 5. The maximum atomic E-state index is 13.7. The molecule has 0 N–H and O–H groups in total. The maximum Gasteiger partial charge on any atom is 0.266 e. The summed E-state index contributed by atoms with van der Waals surface area (Å²) in [5.74, 6) is 1.22. The highest BCUT2D eigenvalue weighted by Crippen LogP contribution is 2.29. The predicted octanol–water partition coefficient (Wildman–Crippen LogP) is 5.54. The minimum atomic E-state index is -0.351. The van der Waals surface area contributed by atoms with Crippen molar-refractivity contribution in [1.29, 1.82) is 0 Å². The van der Waals surface area contributed by atoms with Crippen molar-refractivity contribution in [2.75, 3.05) is 7.11 Å². The average Bonchev–Trinajstić information content (AvgIpc) is 2.84. The van der Waals surface area contributed by atoms with Gasteiger partial charge in [0.15, 0.2) is 0 Å². The van der Waals surface area contributed by atoms with Gasteiger partial charge >= 0.3 is 0 Å². The molecule has 0 atom stereocenters. The number of fused-ring (bicyclic) bond motifs is 2. The fraction of sp³-hybridized carbons (Fsp3) is 0.115. The molecule has 2 heterocycles. The molecule has 0 saturated heterocycles. The summed E-state index contributed by atoms with van der Waals surface area (Å²) in [6.45, 7) is 0.353. The number of nitrogens with zero attached hydrogens (tertiary/aromatic N) is 2. The van der Waals surface area contributed by atoms with Crippen LogP contribution in [0.4, 0.5) is 0 Å². The highest BCUT2D eigenvalue weighted by molar-refractivity contribution is 7.24. The van der Waals surface area contributed by atoms with Gasteiger partial charge in [0, 0.05) is 22.2 Å². The lowest BCUT2D eigenvalue weighted by Gasteiger charge is -2.15. The lowest BCUT2D eigenvalue weighted by molar-refractivity contribution is 0.414. The van der Waals surface area contributed by atoms with Crippen LogP contribution in [0.15, 0.2) is 82.4 Å². The molecule has 0 amide bonds. The zero-order chi connectivity index (χ0) is 22.9. The monoisotopic (exact) mass is 474 g/mol. The fourth-order valence-electron chi connectivity index (χ4n) is 3.87. The molecule has 5 aromatic rings. The van der Waals surface area contributed by atoms with Crippen LogP contribution in [0.2, 0.25) is 5.02 Å². The SMILES string of the molecule is COc1ccc(CCn2c(-c3ccccc3Cl)nc3sc4ccccc4c(=O)c3c2=O)cc1. The van der Waals surface area contributed by atoms with Crippen molar-refractivity contribution in [3.8, 4) is 17.1 Å². The molecule has 7 heteroatoms. The van der Waals surface area contributed by atoms with Crippen LogP contribution < -0.4 is 15.7 Å². The van der Waals surface area contributed by atoms with Gasteiger partial charge in [-0.2, -0.15) is 0 Å². The topological polar surface area (TPSA) is 61.2 Å². The molecule has 0 unspecified atom stereocenters. The van der Waals surface area contributed by atoms with Gasteiger partial charge in [0.2, 0.25) is 5.43 Å². The zero-order valence-electron chi connectivity index (χ0n) is 17.7. The third kappa shape index (κ3) is 3.92. The van der Waals surface area contributed by atoms with E-state index in [1.807, 2.05) is 54.6 Å².